The van der Waals surface area contributed by atoms with Crippen molar-refractivity contribution in [2.75, 3.05) is 0 Å². The minimum absolute atomic E-state index is 0.0817. The molecule has 4 heteroatoms. The maximum Gasteiger partial charge on any atom is 0.262 e. The molecule has 1 atom stereocenters. The normalized spacial score (nSPS) is 16.5. The summed E-state index contributed by atoms with van der Waals surface area (Å²) >= 11 is 0. The first-order valence-corrected chi connectivity index (χ1v) is 6.32. The monoisotopic (exact) mass is 256 g/mol. The maximum atomic E-state index is 11.9. The van der Waals surface area contributed by atoms with Gasteiger partial charge in [0.25, 0.3) is 5.91 Å². The summed E-state index contributed by atoms with van der Waals surface area (Å²) in [5.74, 6) is 0.370. The zero-order chi connectivity index (χ0) is 13.8. The van der Waals surface area contributed by atoms with E-state index >= 15 is 0 Å². The molecular formula is C15H16N2O2. The quantitative estimate of drug-likeness (QED) is 0.640. The van der Waals surface area contributed by atoms with Gasteiger partial charge in [-0.2, -0.15) is 5.26 Å². The predicted molar refractivity (Wildman–Crippen MR) is 72.0 cm³/mol. The summed E-state index contributed by atoms with van der Waals surface area (Å²) in [5, 5.41) is 21.1. The van der Waals surface area contributed by atoms with E-state index in [1.165, 1.54) is 18.2 Å². The highest BCUT2D eigenvalue weighted by Gasteiger charge is 2.29. The highest BCUT2D eigenvalue weighted by atomic mass is 16.3. The van der Waals surface area contributed by atoms with Crippen LogP contribution in [0, 0.1) is 17.2 Å². The van der Waals surface area contributed by atoms with E-state index in [1.807, 2.05) is 13.0 Å². The van der Waals surface area contributed by atoms with Crippen LogP contribution in [0.4, 0.5) is 0 Å². The Kier molecular flexibility index (Phi) is 3.86. The van der Waals surface area contributed by atoms with Crippen molar-refractivity contribution in [1.29, 1.82) is 5.26 Å². The maximum absolute atomic E-state index is 11.9. The van der Waals surface area contributed by atoms with Crippen LogP contribution < -0.4 is 5.32 Å². The number of carbonyl (C=O) groups excluding carboxylic acids is 1. The largest absolute Gasteiger partial charge is 0.508 e. The Morgan fingerprint density at radius 2 is 2.11 bits per heavy atom. The summed E-state index contributed by atoms with van der Waals surface area (Å²) in [7, 11) is 0. The molecule has 0 spiro atoms. The van der Waals surface area contributed by atoms with Gasteiger partial charge in [0.05, 0.1) is 0 Å². The average molecular weight is 256 g/mol. The molecule has 1 saturated carbocycles. The minimum atomic E-state index is -0.338. The van der Waals surface area contributed by atoms with Crippen molar-refractivity contribution in [3.05, 3.63) is 35.4 Å². The Morgan fingerprint density at radius 3 is 2.63 bits per heavy atom. The van der Waals surface area contributed by atoms with E-state index in [2.05, 4.69) is 5.32 Å². The van der Waals surface area contributed by atoms with E-state index in [9.17, 15) is 9.90 Å². The van der Waals surface area contributed by atoms with Crippen molar-refractivity contribution in [2.45, 2.75) is 25.8 Å². The number of nitrogens with one attached hydrogen (secondary N) is 1. The fraction of sp³-hybridized carbons (Fsp3) is 0.333. The molecule has 1 amide bonds. The van der Waals surface area contributed by atoms with Gasteiger partial charge in [0.15, 0.2) is 0 Å². The first-order valence-electron chi connectivity index (χ1n) is 6.32. The summed E-state index contributed by atoms with van der Waals surface area (Å²) in [6.07, 6.45) is 3.81. The van der Waals surface area contributed by atoms with E-state index in [1.54, 1.807) is 12.1 Å². The lowest BCUT2D eigenvalue weighted by Gasteiger charge is -2.11. The van der Waals surface area contributed by atoms with E-state index < -0.39 is 0 Å². The van der Waals surface area contributed by atoms with Gasteiger partial charge in [0.1, 0.15) is 17.4 Å². The molecule has 98 valence electrons. The lowest BCUT2D eigenvalue weighted by Crippen LogP contribution is -2.34. The Hall–Kier alpha value is -2.28. The number of benzene rings is 1. The summed E-state index contributed by atoms with van der Waals surface area (Å²) in [6.45, 7) is 1.96. The molecule has 0 heterocycles. The summed E-state index contributed by atoms with van der Waals surface area (Å²) in [6, 6.07) is 8.38. The number of carbonyl (C=O) groups is 1. The van der Waals surface area contributed by atoms with Gasteiger partial charge in [-0.25, -0.2) is 0 Å². The first-order chi connectivity index (χ1) is 9.10. The standard InChI is InChI=1S/C15H16N2O2/c1-10(12-4-5-12)17-15(19)13(9-16)8-11-2-6-14(18)7-3-11/h2-3,6-8,10,12,18H,4-5H2,1H3,(H,17,19)/b13-8+. The molecule has 1 aromatic rings. The Morgan fingerprint density at radius 1 is 1.47 bits per heavy atom. The molecule has 19 heavy (non-hydrogen) atoms. The zero-order valence-corrected chi connectivity index (χ0v) is 10.8. The Balaban J connectivity index is 2.08. The second-order valence-corrected chi connectivity index (χ2v) is 4.86. The number of amides is 1. The third-order valence-corrected chi connectivity index (χ3v) is 3.26. The lowest BCUT2D eigenvalue weighted by atomic mass is 10.1. The zero-order valence-electron chi connectivity index (χ0n) is 10.8. The molecule has 2 rings (SSSR count). The summed E-state index contributed by atoms with van der Waals surface area (Å²) in [4.78, 5) is 11.9. The van der Waals surface area contributed by atoms with Gasteiger partial charge in [0.2, 0.25) is 0 Å². The molecular weight excluding hydrogens is 240 g/mol. The van der Waals surface area contributed by atoms with Crippen LogP contribution in [0.25, 0.3) is 6.08 Å². The Labute approximate surface area is 112 Å². The number of hydrogen-bond acceptors (Lipinski definition) is 3. The molecule has 0 aliphatic heterocycles. The number of hydrogen-bond donors (Lipinski definition) is 2. The van der Waals surface area contributed by atoms with Crippen molar-refractivity contribution < 1.29 is 9.90 Å². The van der Waals surface area contributed by atoms with Crippen molar-refractivity contribution in [3.63, 3.8) is 0 Å². The first kappa shape index (κ1) is 13.2. The predicted octanol–water partition coefficient (Wildman–Crippen LogP) is 2.21. The molecule has 1 unspecified atom stereocenters. The van der Waals surface area contributed by atoms with Gasteiger partial charge in [-0.05, 0) is 49.5 Å². The molecule has 4 nitrogen and oxygen atoms in total. The van der Waals surface area contributed by atoms with Crippen LogP contribution in [0.1, 0.15) is 25.3 Å². The van der Waals surface area contributed by atoms with Gasteiger partial charge in [-0.3, -0.25) is 4.79 Å². The number of rotatable bonds is 4. The van der Waals surface area contributed by atoms with E-state index in [-0.39, 0.29) is 23.3 Å². The molecule has 1 aliphatic carbocycles. The number of phenols is 1. The van der Waals surface area contributed by atoms with E-state index in [0.29, 0.717) is 11.5 Å². The highest BCUT2D eigenvalue weighted by Crippen LogP contribution is 2.32. The molecule has 0 bridgehead atoms. The SMILES string of the molecule is CC(NC(=O)/C(C#N)=C/c1ccc(O)cc1)C1CC1. The van der Waals surface area contributed by atoms with Crippen molar-refractivity contribution in [2.24, 2.45) is 5.92 Å². The topological polar surface area (TPSA) is 73.1 Å². The molecule has 0 saturated heterocycles. The number of nitriles is 1. The molecule has 0 aromatic heterocycles. The number of aromatic hydroxyl groups is 1. The summed E-state index contributed by atoms with van der Waals surface area (Å²) < 4.78 is 0. The fourth-order valence-electron chi connectivity index (χ4n) is 1.88. The van der Waals surface area contributed by atoms with Gasteiger partial charge in [0, 0.05) is 6.04 Å². The highest BCUT2D eigenvalue weighted by molar-refractivity contribution is 6.01. The van der Waals surface area contributed by atoms with Gasteiger partial charge in [-0.1, -0.05) is 12.1 Å². The smallest absolute Gasteiger partial charge is 0.262 e. The van der Waals surface area contributed by atoms with Crippen LogP contribution >= 0.6 is 0 Å². The lowest BCUT2D eigenvalue weighted by molar-refractivity contribution is -0.117. The van der Waals surface area contributed by atoms with Gasteiger partial charge >= 0.3 is 0 Å². The second-order valence-electron chi connectivity index (χ2n) is 4.86. The van der Waals surface area contributed by atoms with Crippen LogP contribution in [-0.4, -0.2) is 17.1 Å². The van der Waals surface area contributed by atoms with Crippen LogP contribution in [0.3, 0.4) is 0 Å². The average Bonchev–Trinajstić information content (AvgIpc) is 3.22. The summed E-state index contributed by atoms with van der Waals surface area (Å²) in [5.41, 5.74) is 0.793. The third-order valence-electron chi connectivity index (χ3n) is 3.26. The Bertz CT molecular complexity index is 536. The molecule has 1 aromatic carbocycles. The van der Waals surface area contributed by atoms with Crippen LogP contribution in [-0.2, 0) is 4.79 Å². The minimum Gasteiger partial charge on any atom is -0.508 e. The third kappa shape index (κ3) is 3.59. The van der Waals surface area contributed by atoms with Crippen LogP contribution in [0.15, 0.2) is 29.8 Å². The number of nitrogens with zero attached hydrogens (tertiary/aromatic N) is 1. The molecule has 1 aliphatic rings. The van der Waals surface area contributed by atoms with Crippen molar-refractivity contribution in [3.8, 4) is 11.8 Å². The van der Waals surface area contributed by atoms with Gasteiger partial charge < -0.3 is 10.4 Å². The second kappa shape index (κ2) is 5.57. The van der Waals surface area contributed by atoms with Crippen LogP contribution in [0.5, 0.6) is 5.75 Å². The molecule has 2 N–H and O–H groups in total. The van der Waals surface area contributed by atoms with Gasteiger partial charge in [-0.15, -0.1) is 0 Å². The van der Waals surface area contributed by atoms with Crippen molar-refractivity contribution >= 4 is 12.0 Å². The van der Waals surface area contributed by atoms with E-state index in [4.69, 9.17) is 5.26 Å². The van der Waals surface area contributed by atoms with Crippen molar-refractivity contribution in [1.82, 2.24) is 5.32 Å². The molecule has 1 fully saturated rings. The van der Waals surface area contributed by atoms with E-state index in [0.717, 1.165) is 12.8 Å². The fourth-order valence-corrected chi connectivity index (χ4v) is 1.88. The number of phenolic OH excluding ortho intramolecular Hbond substituents is 1. The molecule has 0 radical (unpaired) electrons. The van der Waals surface area contributed by atoms with Crippen LogP contribution in [0.2, 0.25) is 0 Å².